The zero-order valence-electron chi connectivity index (χ0n) is 16.8. The second kappa shape index (κ2) is 9.52. The van der Waals surface area contributed by atoms with E-state index in [1.807, 2.05) is 25.1 Å². The minimum Gasteiger partial charge on any atom is -0.325 e. The predicted octanol–water partition coefficient (Wildman–Crippen LogP) is 4.60. The van der Waals surface area contributed by atoms with E-state index < -0.39 is 0 Å². The van der Waals surface area contributed by atoms with Gasteiger partial charge in [-0.1, -0.05) is 42.4 Å². The number of hydrogen-bond acceptors (Lipinski definition) is 5. The highest BCUT2D eigenvalue weighted by Crippen LogP contribution is 2.25. The van der Waals surface area contributed by atoms with Gasteiger partial charge in [0.15, 0.2) is 16.8 Å². The summed E-state index contributed by atoms with van der Waals surface area (Å²) >= 11 is 1.37. The third-order valence-corrected chi connectivity index (χ3v) is 5.31. The van der Waals surface area contributed by atoms with Crippen molar-refractivity contribution in [3.05, 3.63) is 59.7 Å². The molecule has 0 saturated carbocycles. The Labute approximate surface area is 174 Å². The number of carbonyl (C=O) groups excluding carboxylic acids is 2. The molecule has 29 heavy (non-hydrogen) atoms. The molecule has 0 aliphatic heterocycles. The molecule has 1 aromatic heterocycles. The van der Waals surface area contributed by atoms with Crippen molar-refractivity contribution >= 4 is 29.1 Å². The lowest BCUT2D eigenvalue weighted by Crippen LogP contribution is -2.14. The standard InChI is InChI=1S/C22H24N4O2S/c1-4-12-26-21(18-7-5-6-15(2)13-18)24-25-22(26)29-14-20(28)23-19-10-8-17(9-11-19)16(3)27/h5-11,13H,4,12,14H2,1-3H3,(H,23,28). The molecule has 2 aromatic carbocycles. The summed E-state index contributed by atoms with van der Waals surface area (Å²) < 4.78 is 2.06. The van der Waals surface area contributed by atoms with Crippen LogP contribution in [0.4, 0.5) is 5.69 Å². The maximum atomic E-state index is 12.3. The molecule has 0 aliphatic carbocycles. The number of carbonyl (C=O) groups is 2. The summed E-state index contributed by atoms with van der Waals surface area (Å²) in [6, 6.07) is 15.0. The molecule has 0 spiro atoms. The van der Waals surface area contributed by atoms with Gasteiger partial charge >= 0.3 is 0 Å². The second-order valence-corrected chi connectivity index (χ2v) is 7.74. The zero-order valence-corrected chi connectivity index (χ0v) is 17.6. The van der Waals surface area contributed by atoms with Crippen molar-refractivity contribution in [2.75, 3.05) is 11.1 Å². The van der Waals surface area contributed by atoms with Crippen LogP contribution in [0.15, 0.2) is 53.7 Å². The first-order valence-corrected chi connectivity index (χ1v) is 10.5. The predicted molar refractivity (Wildman–Crippen MR) is 116 cm³/mol. The lowest BCUT2D eigenvalue weighted by molar-refractivity contribution is -0.113. The number of nitrogens with zero attached hydrogens (tertiary/aromatic N) is 3. The third kappa shape index (κ3) is 5.32. The molecular weight excluding hydrogens is 384 g/mol. The fourth-order valence-electron chi connectivity index (χ4n) is 2.93. The summed E-state index contributed by atoms with van der Waals surface area (Å²) in [6.07, 6.45) is 0.944. The number of rotatable bonds is 8. The van der Waals surface area contributed by atoms with E-state index in [1.54, 1.807) is 24.3 Å². The van der Waals surface area contributed by atoms with E-state index in [-0.39, 0.29) is 17.4 Å². The van der Waals surface area contributed by atoms with Crippen molar-refractivity contribution in [1.29, 1.82) is 0 Å². The Balaban J connectivity index is 1.68. The van der Waals surface area contributed by atoms with E-state index in [9.17, 15) is 9.59 Å². The van der Waals surface area contributed by atoms with Crippen molar-refractivity contribution in [2.24, 2.45) is 0 Å². The summed E-state index contributed by atoms with van der Waals surface area (Å²) in [7, 11) is 0. The van der Waals surface area contributed by atoms with E-state index in [2.05, 4.69) is 33.1 Å². The summed E-state index contributed by atoms with van der Waals surface area (Å²) in [5.74, 6) is 0.912. The first-order chi connectivity index (χ1) is 14.0. The molecule has 0 fully saturated rings. The summed E-state index contributed by atoms with van der Waals surface area (Å²) in [5.41, 5.74) is 3.47. The molecule has 0 radical (unpaired) electrons. The molecule has 0 unspecified atom stereocenters. The molecule has 1 heterocycles. The maximum Gasteiger partial charge on any atom is 0.234 e. The van der Waals surface area contributed by atoms with Gasteiger partial charge in [0.05, 0.1) is 5.75 Å². The molecule has 3 aromatic rings. The third-order valence-electron chi connectivity index (χ3n) is 4.35. The Hall–Kier alpha value is -2.93. The number of aromatic nitrogens is 3. The van der Waals surface area contributed by atoms with Crippen molar-refractivity contribution in [3.63, 3.8) is 0 Å². The molecule has 1 N–H and O–H groups in total. The summed E-state index contributed by atoms with van der Waals surface area (Å²) in [5, 5.41) is 12.2. The van der Waals surface area contributed by atoms with Crippen LogP contribution in [0.3, 0.4) is 0 Å². The van der Waals surface area contributed by atoms with Crippen LogP contribution in [0.1, 0.15) is 36.2 Å². The van der Waals surface area contributed by atoms with Crippen molar-refractivity contribution in [3.8, 4) is 11.4 Å². The number of benzene rings is 2. The van der Waals surface area contributed by atoms with Gasteiger partial charge in [0.25, 0.3) is 0 Å². The Morgan fingerprint density at radius 2 is 1.86 bits per heavy atom. The van der Waals surface area contributed by atoms with E-state index in [1.165, 1.54) is 18.7 Å². The second-order valence-electron chi connectivity index (χ2n) is 6.80. The van der Waals surface area contributed by atoms with Gasteiger partial charge in [0.2, 0.25) is 5.91 Å². The highest BCUT2D eigenvalue weighted by atomic mass is 32.2. The Morgan fingerprint density at radius 3 is 2.52 bits per heavy atom. The number of amides is 1. The van der Waals surface area contributed by atoms with Crippen molar-refractivity contribution in [2.45, 2.75) is 38.9 Å². The lowest BCUT2D eigenvalue weighted by Gasteiger charge is -2.09. The number of hydrogen-bond donors (Lipinski definition) is 1. The maximum absolute atomic E-state index is 12.3. The molecule has 3 rings (SSSR count). The van der Waals surface area contributed by atoms with Crippen molar-refractivity contribution < 1.29 is 9.59 Å². The molecule has 0 aliphatic rings. The highest BCUT2D eigenvalue weighted by molar-refractivity contribution is 7.99. The van der Waals surface area contributed by atoms with Gasteiger partial charge in [-0.15, -0.1) is 10.2 Å². The topological polar surface area (TPSA) is 76.9 Å². The number of anilines is 1. The molecule has 6 nitrogen and oxygen atoms in total. The van der Waals surface area contributed by atoms with Gasteiger partial charge < -0.3 is 9.88 Å². The van der Waals surface area contributed by atoms with Gasteiger partial charge in [-0.05, 0) is 50.6 Å². The van der Waals surface area contributed by atoms with Gasteiger partial charge in [0.1, 0.15) is 0 Å². The normalized spacial score (nSPS) is 10.7. The minimum absolute atomic E-state index is 0.00175. The zero-order chi connectivity index (χ0) is 20.8. The number of Topliss-reactive ketones (excluding diaryl/α,β-unsaturated/α-hetero) is 1. The van der Waals surface area contributed by atoms with Crippen LogP contribution in [0, 0.1) is 6.92 Å². The van der Waals surface area contributed by atoms with E-state index >= 15 is 0 Å². The summed E-state index contributed by atoms with van der Waals surface area (Å²) in [6.45, 7) is 6.45. The van der Waals surface area contributed by atoms with Gasteiger partial charge in [0, 0.05) is 23.4 Å². The van der Waals surface area contributed by atoms with Gasteiger partial charge in [-0.2, -0.15) is 0 Å². The molecule has 0 saturated heterocycles. The highest BCUT2D eigenvalue weighted by Gasteiger charge is 2.15. The number of aryl methyl sites for hydroxylation is 1. The quantitative estimate of drug-likeness (QED) is 0.435. The van der Waals surface area contributed by atoms with Crippen LogP contribution in [-0.4, -0.2) is 32.2 Å². The average molecular weight is 409 g/mol. The Morgan fingerprint density at radius 1 is 1.10 bits per heavy atom. The van der Waals surface area contributed by atoms with Crippen LogP contribution in [0.5, 0.6) is 0 Å². The molecule has 0 bridgehead atoms. The SMILES string of the molecule is CCCn1c(SCC(=O)Nc2ccc(C(C)=O)cc2)nnc1-c1cccc(C)c1. The Kier molecular flexibility index (Phi) is 6.82. The molecule has 7 heteroatoms. The molecule has 1 amide bonds. The van der Waals surface area contributed by atoms with Gasteiger partial charge in [-0.3, -0.25) is 9.59 Å². The average Bonchev–Trinajstić information content (AvgIpc) is 3.10. The first kappa shape index (κ1) is 20.8. The number of thioether (sulfide) groups is 1. The fraction of sp³-hybridized carbons (Fsp3) is 0.273. The largest absolute Gasteiger partial charge is 0.325 e. The number of nitrogens with one attached hydrogen (secondary N) is 1. The van der Waals surface area contributed by atoms with Crippen LogP contribution in [-0.2, 0) is 11.3 Å². The van der Waals surface area contributed by atoms with Crippen LogP contribution >= 0.6 is 11.8 Å². The molecule has 150 valence electrons. The molecule has 0 atom stereocenters. The van der Waals surface area contributed by atoms with Crippen LogP contribution in [0.25, 0.3) is 11.4 Å². The van der Waals surface area contributed by atoms with Crippen molar-refractivity contribution in [1.82, 2.24) is 14.8 Å². The van der Waals surface area contributed by atoms with E-state index in [4.69, 9.17) is 0 Å². The molecular formula is C22H24N4O2S. The van der Waals surface area contributed by atoms with Crippen LogP contribution in [0.2, 0.25) is 0 Å². The van der Waals surface area contributed by atoms with E-state index in [0.29, 0.717) is 11.3 Å². The first-order valence-electron chi connectivity index (χ1n) is 9.52. The minimum atomic E-state index is -0.131. The number of ketones is 1. The van der Waals surface area contributed by atoms with Crippen LogP contribution < -0.4 is 5.32 Å². The summed E-state index contributed by atoms with van der Waals surface area (Å²) in [4.78, 5) is 23.7. The monoisotopic (exact) mass is 408 g/mol. The lowest BCUT2D eigenvalue weighted by atomic mass is 10.1. The smallest absolute Gasteiger partial charge is 0.234 e. The van der Waals surface area contributed by atoms with E-state index in [0.717, 1.165) is 35.1 Å². The Bertz CT molecular complexity index is 1010. The fourth-order valence-corrected chi connectivity index (χ4v) is 3.70. The van der Waals surface area contributed by atoms with Gasteiger partial charge in [-0.25, -0.2) is 0 Å².